The Morgan fingerprint density at radius 2 is 2.50 bits per heavy atom. The highest BCUT2D eigenvalue weighted by atomic mass is 32.2. The van der Waals surface area contributed by atoms with E-state index >= 15 is 0 Å². The van der Waals surface area contributed by atoms with E-state index in [0.717, 1.165) is 11.8 Å². The van der Waals surface area contributed by atoms with E-state index < -0.39 is 0 Å². The molecular weight excluding hydrogens is 218 g/mol. The second-order valence-corrected chi connectivity index (χ2v) is 5.91. The van der Waals surface area contributed by atoms with E-state index in [1.54, 1.807) is 0 Å². The zero-order valence-electron chi connectivity index (χ0n) is 10.1. The number of rotatable bonds is 4. The molecule has 3 nitrogen and oxygen atoms in total. The van der Waals surface area contributed by atoms with E-state index in [4.69, 9.17) is 0 Å². The van der Waals surface area contributed by atoms with Crippen molar-refractivity contribution < 1.29 is 0 Å². The number of aromatic nitrogens is 2. The summed E-state index contributed by atoms with van der Waals surface area (Å²) in [5.74, 6) is 1.34. The Balaban J connectivity index is 1.79. The maximum absolute atomic E-state index is 4.20. The molecule has 1 N–H and O–H groups in total. The number of hydrogen-bond acceptors (Lipinski definition) is 3. The maximum atomic E-state index is 4.20. The van der Waals surface area contributed by atoms with Crippen molar-refractivity contribution in [1.82, 2.24) is 15.1 Å². The van der Waals surface area contributed by atoms with Crippen molar-refractivity contribution >= 4 is 11.8 Å². The molecule has 1 aliphatic rings. The normalized spacial score (nSPS) is 23.2. The smallest absolute Gasteiger partial charge is 0.0547 e. The Hall–Kier alpha value is -0.480. The van der Waals surface area contributed by atoms with Gasteiger partial charge in [0.2, 0.25) is 0 Å². The summed E-state index contributed by atoms with van der Waals surface area (Å²) in [4.78, 5) is 0. The molecular formula is C12H21N3S. The minimum atomic E-state index is 0.398. The first-order valence-electron chi connectivity index (χ1n) is 6.10. The van der Waals surface area contributed by atoms with Gasteiger partial charge in [-0.25, -0.2) is 0 Å². The van der Waals surface area contributed by atoms with Crippen LogP contribution in [0.25, 0.3) is 0 Å². The molecule has 0 spiro atoms. The molecule has 1 fully saturated rings. The summed E-state index contributed by atoms with van der Waals surface area (Å²) >= 11 is 2.12. The first kappa shape index (κ1) is 12.0. The van der Waals surface area contributed by atoms with Crippen LogP contribution in [0.1, 0.15) is 37.9 Å². The Morgan fingerprint density at radius 1 is 1.62 bits per heavy atom. The van der Waals surface area contributed by atoms with Crippen molar-refractivity contribution in [1.29, 1.82) is 0 Å². The quantitative estimate of drug-likeness (QED) is 0.875. The largest absolute Gasteiger partial charge is 0.308 e. The van der Waals surface area contributed by atoms with Crippen LogP contribution in [0.3, 0.4) is 0 Å². The van der Waals surface area contributed by atoms with E-state index in [9.17, 15) is 0 Å². The molecule has 2 unspecified atom stereocenters. The average Bonchev–Trinajstić information content (AvgIpc) is 2.74. The topological polar surface area (TPSA) is 29.9 Å². The molecule has 0 saturated carbocycles. The van der Waals surface area contributed by atoms with Crippen LogP contribution >= 0.6 is 11.8 Å². The molecule has 0 aliphatic carbocycles. The third-order valence-corrected chi connectivity index (χ3v) is 4.63. The molecule has 1 aromatic rings. The molecule has 1 saturated heterocycles. The first-order chi connectivity index (χ1) is 7.77. The molecule has 4 heteroatoms. The Kier molecular flexibility index (Phi) is 4.29. The third-order valence-electron chi connectivity index (χ3n) is 3.23. The van der Waals surface area contributed by atoms with Gasteiger partial charge >= 0.3 is 0 Å². The summed E-state index contributed by atoms with van der Waals surface area (Å²) in [6.07, 6.45) is 6.04. The highest BCUT2D eigenvalue weighted by molar-refractivity contribution is 7.99. The Labute approximate surface area is 102 Å². The molecule has 90 valence electrons. The van der Waals surface area contributed by atoms with Gasteiger partial charge in [0.15, 0.2) is 0 Å². The van der Waals surface area contributed by atoms with Gasteiger partial charge in [-0.05, 0) is 31.6 Å². The van der Waals surface area contributed by atoms with Crippen molar-refractivity contribution in [2.45, 2.75) is 37.5 Å². The fraction of sp³-hybridized carbons (Fsp3) is 0.750. The van der Waals surface area contributed by atoms with Crippen molar-refractivity contribution in [3.05, 3.63) is 18.0 Å². The lowest BCUT2D eigenvalue weighted by Crippen LogP contribution is -2.29. The van der Waals surface area contributed by atoms with Gasteiger partial charge in [-0.3, -0.25) is 4.68 Å². The Bertz CT molecular complexity index is 318. The van der Waals surface area contributed by atoms with Gasteiger partial charge < -0.3 is 5.32 Å². The Morgan fingerprint density at radius 3 is 3.12 bits per heavy atom. The van der Waals surface area contributed by atoms with Gasteiger partial charge in [0, 0.05) is 31.1 Å². The second kappa shape index (κ2) is 5.73. The van der Waals surface area contributed by atoms with E-state index in [0.29, 0.717) is 6.04 Å². The molecule has 0 bridgehead atoms. The fourth-order valence-electron chi connectivity index (χ4n) is 2.19. The summed E-state index contributed by atoms with van der Waals surface area (Å²) in [5, 5.41) is 8.63. The predicted molar refractivity (Wildman–Crippen MR) is 69.7 cm³/mol. The molecule has 2 atom stereocenters. The summed E-state index contributed by atoms with van der Waals surface area (Å²) in [5.41, 5.74) is 1.26. The fourth-order valence-corrected chi connectivity index (χ4v) is 3.44. The van der Waals surface area contributed by atoms with Crippen LogP contribution in [0.5, 0.6) is 0 Å². The number of nitrogens with zero attached hydrogens (tertiary/aromatic N) is 2. The van der Waals surface area contributed by atoms with Crippen LogP contribution in [0.2, 0.25) is 0 Å². The predicted octanol–water partition coefficient (Wildman–Crippen LogP) is 2.36. The summed E-state index contributed by atoms with van der Waals surface area (Å²) in [6, 6.07) is 2.49. The van der Waals surface area contributed by atoms with Crippen LogP contribution in [0.15, 0.2) is 12.3 Å². The lowest BCUT2D eigenvalue weighted by atomic mass is 10.1. The van der Waals surface area contributed by atoms with Gasteiger partial charge in [0.05, 0.1) is 5.69 Å². The minimum Gasteiger partial charge on any atom is -0.308 e. The second-order valence-electron chi connectivity index (χ2n) is 4.50. The molecule has 1 aliphatic heterocycles. The maximum Gasteiger partial charge on any atom is 0.0547 e. The SMILES string of the molecule is CC(NCC1CCCCS1)c1ccnn1C. The number of aryl methyl sites for hydroxylation is 1. The van der Waals surface area contributed by atoms with E-state index in [-0.39, 0.29) is 0 Å². The van der Waals surface area contributed by atoms with Crippen molar-refractivity contribution in [2.24, 2.45) is 7.05 Å². The molecule has 2 heterocycles. The lowest BCUT2D eigenvalue weighted by molar-refractivity contribution is 0.510. The van der Waals surface area contributed by atoms with Crippen molar-refractivity contribution in [3.63, 3.8) is 0 Å². The summed E-state index contributed by atoms with van der Waals surface area (Å²) < 4.78 is 1.95. The third kappa shape index (κ3) is 3.01. The van der Waals surface area contributed by atoms with E-state index in [1.165, 1.54) is 30.7 Å². The summed E-state index contributed by atoms with van der Waals surface area (Å²) in [7, 11) is 2.00. The minimum absolute atomic E-state index is 0.398. The van der Waals surface area contributed by atoms with Crippen LogP contribution in [0, 0.1) is 0 Å². The number of nitrogens with one attached hydrogen (secondary N) is 1. The molecule has 0 amide bonds. The monoisotopic (exact) mass is 239 g/mol. The van der Waals surface area contributed by atoms with Crippen LogP contribution in [-0.2, 0) is 7.05 Å². The molecule has 1 aromatic heterocycles. The average molecular weight is 239 g/mol. The number of hydrogen-bond donors (Lipinski definition) is 1. The molecule has 16 heavy (non-hydrogen) atoms. The van der Waals surface area contributed by atoms with Crippen molar-refractivity contribution in [2.75, 3.05) is 12.3 Å². The molecule has 0 aromatic carbocycles. The number of thioether (sulfide) groups is 1. The standard InChI is InChI=1S/C12H21N3S/c1-10(12-6-7-14-15(12)2)13-9-11-5-3-4-8-16-11/h6-7,10-11,13H,3-5,8-9H2,1-2H3. The zero-order chi connectivity index (χ0) is 11.4. The first-order valence-corrected chi connectivity index (χ1v) is 7.15. The summed E-state index contributed by atoms with van der Waals surface area (Å²) in [6.45, 7) is 3.33. The highest BCUT2D eigenvalue weighted by Crippen LogP contribution is 2.25. The van der Waals surface area contributed by atoms with Gasteiger partial charge in [-0.1, -0.05) is 6.42 Å². The van der Waals surface area contributed by atoms with Crippen LogP contribution in [0.4, 0.5) is 0 Å². The van der Waals surface area contributed by atoms with Crippen molar-refractivity contribution in [3.8, 4) is 0 Å². The van der Waals surface area contributed by atoms with Gasteiger partial charge in [0.25, 0.3) is 0 Å². The van der Waals surface area contributed by atoms with Gasteiger partial charge in [-0.15, -0.1) is 0 Å². The van der Waals surface area contributed by atoms with E-state index in [1.807, 2.05) is 17.9 Å². The van der Waals surface area contributed by atoms with Crippen LogP contribution < -0.4 is 5.32 Å². The zero-order valence-corrected chi connectivity index (χ0v) is 11.0. The van der Waals surface area contributed by atoms with E-state index in [2.05, 4.69) is 35.2 Å². The molecule has 2 rings (SSSR count). The van der Waals surface area contributed by atoms with Gasteiger partial charge in [-0.2, -0.15) is 16.9 Å². The lowest BCUT2D eigenvalue weighted by Gasteiger charge is -2.23. The van der Waals surface area contributed by atoms with Gasteiger partial charge in [0.1, 0.15) is 0 Å². The highest BCUT2D eigenvalue weighted by Gasteiger charge is 2.15. The molecule has 0 radical (unpaired) electrons. The van der Waals surface area contributed by atoms with Crippen LogP contribution in [-0.4, -0.2) is 27.3 Å².